The Kier molecular flexibility index (Phi) is 5.39. The molecular weight excluding hydrogens is 256 g/mol. The molecule has 0 aliphatic carbocycles. The normalized spacial score (nSPS) is 22.3. The van der Waals surface area contributed by atoms with Crippen molar-refractivity contribution in [1.29, 1.82) is 0 Å². The number of nitrogens with zero attached hydrogens (tertiary/aromatic N) is 2. The summed E-state index contributed by atoms with van der Waals surface area (Å²) in [5.41, 5.74) is 0. The van der Waals surface area contributed by atoms with Gasteiger partial charge in [0.05, 0.1) is 6.61 Å². The van der Waals surface area contributed by atoms with Gasteiger partial charge in [0.1, 0.15) is 0 Å². The van der Waals surface area contributed by atoms with Gasteiger partial charge in [-0.3, -0.25) is 9.80 Å². The number of thiophene rings is 1. The summed E-state index contributed by atoms with van der Waals surface area (Å²) >= 11 is 1.95. The molecule has 0 bridgehead atoms. The first kappa shape index (κ1) is 15.0. The summed E-state index contributed by atoms with van der Waals surface area (Å²) in [6, 6.07) is 4.85. The standard InChI is InChI=1S/C15H26N2OS/c1-12(2)8-14-4-5-15(19-14)10-17-7-6-16(3)13(9-17)11-18/h4-5,12-13,18H,6-11H2,1-3H3/t13-/m0/s1. The number of aliphatic hydroxyl groups excluding tert-OH is 1. The average Bonchev–Trinajstić information content (AvgIpc) is 2.78. The fraction of sp³-hybridized carbons (Fsp3) is 0.733. The summed E-state index contributed by atoms with van der Waals surface area (Å²) in [7, 11) is 2.10. The van der Waals surface area contributed by atoms with Gasteiger partial charge >= 0.3 is 0 Å². The van der Waals surface area contributed by atoms with E-state index in [0.717, 1.165) is 32.1 Å². The molecule has 0 unspecified atom stereocenters. The monoisotopic (exact) mass is 282 g/mol. The van der Waals surface area contributed by atoms with Crippen LogP contribution in [-0.2, 0) is 13.0 Å². The molecule has 0 saturated carbocycles. The van der Waals surface area contributed by atoms with Crippen LogP contribution in [0.2, 0.25) is 0 Å². The number of hydrogen-bond acceptors (Lipinski definition) is 4. The van der Waals surface area contributed by atoms with E-state index in [9.17, 15) is 5.11 Å². The van der Waals surface area contributed by atoms with Crippen LogP contribution in [-0.4, -0.2) is 54.2 Å². The van der Waals surface area contributed by atoms with Crippen LogP contribution in [0.15, 0.2) is 12.1 Å². The summed E-state index contributed by atoms with van der Waals surface area (Å²) < 4.78 is 0. The Balaban J connectivity index is 1.88. The molecule has 1 fully saturated rings. The van der Waals surface area contributed by atoms with Crippen molar-refractivity contribution in [3.63, 3.8) is 0 Å². The van der Waals surface area contributed by atoms with E-state index in [1.807, 2.05) is 11.3 Å². The van der Waals surface area contributed by atoms with E-state index in [-0.39, 0.29) is 6.61 Å². The molecule has 1 aliphatic rings. The van der Waals surface area contributed by atoms with Crippen molar-refractivity contribution in [2.24, 2.45) is 5.92 Å². The van der Waals surface area contributed by atoms with Gasteiger partial charge in [0.2, 0.25) is 0 Å². The maximum Gasteiger partial charge on any atom is 0.0599 e. The summed E-state index contributed by atoms with van der Waals surface area (Å²) in [6.45, 7) is 8.96. The molecule has 2 heterocycles. The van der Waals surface area contributed by atoms with Crippen molar-refractivity contribution in [3.05, 3.63) is 21.9 Å². The molecule has 1 aromatic rings. The predicted octanol–water partition coefficient (Wildman–Crippen LogP) is 2.05. The fourth-order valence-corrected chi connectivity index (χ4v) is 3.86. The highest BCUT2D eigenvalue weighted by Crippen LogP contribution is 2.22. The largest absolute Gasteiger partial charge is 0.395 e. The number of hydrogen-bond donors (Lipinski definition) is 1. The van der Waals surface area contributed by atoms with Crippen LogP contribution >= 0.6 is 11.3 Å². The second kappa shape index (κ2) is 6.84. The third-order valence-electron chi connectivity index (χ3n) is 3.78. The first-order valence-corrected chi connectivity index (χ1v) is 8.01. The van der Waals surface area contributed by atoms with Gasteiger partial charge in [-0.2, -0.15) is 0 Å². The van der Waals surface area contributed by atoms with Crippen molar-refractivity contribution < 1.29 is 5.11 Å². The lowest BCUT2D eigenvalue weighted by Crippen LogP contribution is -2.52. The lowest BCUT2D eigenvalue weighted by molar-refractivity contribution is 0.0545. The second-order valence-corrected chi connectivity index (χ2v) is 7.27. The Labute approximate surface area is 120 Å². The second-order valence-electron chi connectivity index (χ2n) is 6.02. The average molecular weight is 282 g/mol. The van der Waals surface area contributed by atoms with Gasteiger partial charge < -0.3 is 5.11 Å². The molecule has 0 amide bonds. The molecule has 1 N–H and O–H groups in total. The first-order chi connectivity index (χ1) is 9.08. The summed E-state index contributed by atoms with van der Waals surface area (Å²) in [6.07, 6.45) is 1.19. The Morgan fingerprint density at radius 2 is 2.05 bits per heavy atom. The zero-order chi connectivity index (χ0) is 13.8. The van der Waals surface area contributed by atoms with Crippen molar-refractivity contribution in [1.82, 2.24) is 9.80 Å². The zero-order valence-corrected chi connectivity index (χ0v) is 13.1. The van der Waals surface area contributed by atoms with E-state index < -0.39 is 0 Å². The summed E-state index contributed by atoms with van der Waals surface area (Å²) in [5, 5.41) is 9.38. The highest BCUT2D eigenvalue weighted by molar-refractivity contribution is 7.11. The highest BCUT2D eigenvalue weighted by atomic mass is 32.1. The zero-order valence-electron chi connectivity index (χ0n) is 12.3. The third-order valence-corrected chi connectivity index (χ3v) is 4.87. The Bertz CT molecular complexity index is 391. The van der Waals surface area contributed by atoms with Gasteiger partial charge in [-0.1, -0.05) is 13.8 Å². The summed E-state index contributed by atoms with van der Waals surface area (Å²) in [4.78, 5) is 7.68. The van der Waals surface area contributed by atoms with Crippen LogP contribution < -0.4 is 0 Å². The Hall–Kier alpha value is -0.420. The molecule has 1 aliphatic heterocycles. The Morgan fingerprint density at radius 1 is 1.32 bits per heavy atom. The van der Waals surface area contributed by atoms with E-state index in [1.54, 1.807) is 0 Å². The van der Waals surface area contributed by atoms with Gasteiger partial charge in [-0.05, 0) is 31.5 Å². The number of likely N-dealkylation sites (N-methyl/N-ethyl adjacent to an activating group) is 1. The minimum absolute atomic E-state index is 0.260. The molecule has 19 heavy (non-hydrogen) atoms. The molecule has 4 heteroatoms. The fourth-order valence-electron chi connectivity index (χ4n) is 2.59. The molecule has 0 radical (unpaired) electrons. The van der Waals surface area contributed by atoms with Gasteiger partial charge in [0.25, 0.3) is 0 Å². The maximum absolute atomic E-state index is 9.38. The third kappa shape index (κ3) is 4.28. The van der Waals surface area contributed by atoms with Crippen LogP contribution in [0.4, 0.5) is 0 Å². The van der Waals surface area contributed by atoms with Crippen molar-refractivity contribution in [3.8, 4) is 0 Å². The van der Waals surface area contributed by atoms with Crippen LogP contribution in [0, 0.1) is 5.92 Å². The SMILES string of the molecule is CC(C)Cc1ccc(CN2CCN(C)[C@H](CO)C2)s1. The van der Waals surface area contributed by atoms with Gasteiger partial charge in [-0.15, -0.1) is 11.3 Å². The van der Waals surface area contributed by atoms with Crippen LogP contribution in [0.3, 0.4) is 0 Å². The summed E-state index contributed by atoms with van der Waals surface area (Å²) in [5.74, 6) is 0.730. The van der Waals surface area contributed by atoms with Gasteiger partial charge in [0.15, 0.2) is 0 Å². The minimum atomic E-state index is 0.260. The van der Waals surface area contributed by atoms with Crippen molar-refractivity contribution in [2.75, 3.05) is 33.3 Å². The van der Waals surface area contributed by atoms with Crippen LogP contribution in [0.25, 0.3) is 0 Å². The maximum atomic E-state index is 9.38. The van der Waals surface area contributed by atoms with Crippen LogP contribution in [0.5, 0.6) is 0 Å². The van der Waals surface area contributed by atoms with E-state index in [0.29, 0.717) is 6.04 Å². The van der Waals surface area contributed by atoms with Gasteiger partial charge in [-0.25, -0.2) is 0 Å². The predicted molar refractivity (Wildman–Crippen MR) is 81.6 cm³/mol. The van der Waals surface area contributed by atoms with E-state index in [4.69, 9.17) is 0 Å². The van der Waals surface area contributed by atoms with Crippen molar-refractivity contribution >= 4 is 11.3 Å². The quantitative estimate of drug-likeness (QED) is 0.895. The number of piperazine rings is 1. The molecule has 1 saturated heterocycles. The topological polar surface area (TPSA) is 26.7 Å². The lowest BCUT2D eigenvalue weighted by Gasteiger charge is -2.38. The molecular formula is C15H26N2OS. The van der Waals surface area contributed by atoms with Crippen molar-refractivity contribution in [2.45, 2.75) is 32.9 Å². The molecule has 1 aromatic heterocycles. The van der Waals surface area contributed by atoms with Crippen LogP contribution in [0.1, 0.15) is 23.6 Å². The van der Waals surface area contributed by atoms with E-state index in [1.165, 1.54) is 16.2 Å². The molecule has 1 atom stereocenters. The minimum Gasteiger partial charge on any atom is -0.395 e. The first-order valence-electron chi connectivity index (χ1n) is 7.19. The molecule has 0 aromatic carbocycles. The number of rotatable bonds is 5. The lowest BCUT2D eigenvalue weighted by atomic mass is 10.1. The number of aliphatic hydroxyl groups is 1. The molecule has 3 nitrogen and oxygen atoms in total. The van der Waals surface area contributed by atoms with E-state index in [2.05, 4.69) is 42.8 Å². The smallest absolute Gasteiger partial charge is 0.0599 e. The van der Waals surface area contributed by atoms with Gasteiger partial charge in [0, 0.05) is 42.0 Å². The van der Waals surface area contributed by atoms with E-state index >= 15 is 0 Å². The Morgan fingerprint density at radius 3 is 2.74 bits per heavy atom. The molecule has 2 rings (SSSR count). The molecule has 108 valence electrons. The highest BCUT2D eigenvalue weighted by Gasteiger charge is 2.23. The molecule has 0 spiro atoms.